The van der Waals surface area contributed by atoms with Crippen LogP contribution in [0.4, 0.5) is 34.1 Å². The van der Waals surface area contributed by atoms with Crippen LogP contribution in [0.2, 0.25) is 0 Å². The summed E-state index contributed by atoms with van der Waals surface area (Å²) in [5, 5.41) is 4.94. The molecule has 0 N–H and O–H groups in total. The molecule has 0 unspecified atom stereocenters. The van der Waals surface area contributed by atoms with Gasteiger partial charge in [-0.05, 0) is 171 Å². The summed E-state index contributed by atoms with van der Waals surface area (Å²) in [4.78, 5) is 5.06. The van der Waals surface area contributed by atoms with E-state index in [0.717, 1.165) is 11.4 Å². The Morgan fingerprint density at radius 3 is 0.895 bits per heavy atom. The third-order valence-electron chi connectivity index (χ3n) is 18.6. The van der Waals surface area contributed by atoms with Crippen molar-refractivity contribution in [2.45, 2.75) is 77.0 Å². The van der Waals surface area contributed by atoms with Gasteiger partial charge in [-0.15, -0.1) is 0 Å². The molecule has 2 aliphatic heterocycles. The second kappa shape index (κ2) is 15.6. The molecule has 76 heavy (non-hydrogen) atoms. The van der Waals surface area contributed by atoms with Gasteiger partial charge in [-0.3, -0.25) is 0 Å². The molecule has 11 aromatic carbocycles. The van der Waals surface area contributed by atoms with Crippen LogP contribution in [-0.4, -0.2) is 0 Å². The van der Waals surface area contributed by atoms with E-state index in [-0.39, 0.29) is 21.7 Å². The van der Waals surface area contributed by atoms with Crippen LogP contribution in [0.15, 0.2) is 218 Å². The van der Waals surface area contributed by atoms with Crippen molar-refractivity contribution in [2.75, 3.05) is 9.80 Å². The summed E-state index contributed by atoms with van der Waals surface area (Å²) in [5.74, 6) is 0. The van der Waals surface area contributed by atoms with Gasteiger partial charge in [0, 0.05) is 33.0 Å². The van der Waals surface area contributed by atoms with Crippen LogP contribution in [0.25, 0.3) is 66.1 Å². The van der Waals surface area contributed by atoms with Crippen molar-refractivity contribution in [1.82, 2.24) is 0 Å². The highest BCUT2D eigenvalue weighted by atomic mass is 15.2. The molecule has 366 valence electrons. The van der Waals surface area contributed by atoms with Crippen molar-refractivity contribution < 1.29 is 0 Å². The fraction of sp³-hybridized carbons (Fsp3) is 0.162. The summed E-state index contributed by atoms with van der Waals surface area (Å²) >= 11 is 0. The number of nitrogens with zero attached hydrogens (tertiary/aromatic N) is 2. The Bertz CT molecular complexity index is 4050. The predicted molar refractivity (Wildman–Crippen MR) is 321 cm³/mol. The predicted octanol–water partition coefficient (Wildman–Crippen LogP) is 20.2. The lowest BCUT2D eigenvalue weighted by atomic mass is 9.73. The van der Waals surface area contributed by atoms with Gasteiger partial charge in [-0.1, -0.05) is 213 Å². The van der Waals surface area contributed by atoms with E-state index in [1.54, 1.807) is 0 Å². The van der Waals surface area contributed by atoms with Crippen LogP contribution in [0.1, 0.15) is 99.9 Å². The smallest absolute Gasteiger partial charge is 0.0502 e. The van der Waals surface area contributed by atoms with Gasteiger partial charge in [0.25, 0.3) is 0 Å². The lowest BCUT2D eigenvalue weighted by Gasteiger charge is -2.42. The second-order valence-corrected chi connectivity index (χ2v) is 24.1. The maximum atomic E-state index is 2.54. The Hall–Kier alpha value is -8.46. The molecular formula is C74H60N2. The largest absolute Gasteiger partial charge is 0.310 e. The highest BCUT2D eigenvalue weighted by Gasteiger charge is 2.41. The van der Waals surface area contributed by atoms with Crippen molar-refractivity contribution in [3.05, 3.63) is 263 Å². The lowest BCUT2D eigenvalue weighted by Crippen LogP contribution is -2.30. The molecule has 2 heterocycles. The molecule has 0 spiro atoms. The zero-order valence-electron chi connectivity index (χ0n) is 44.7. The first-order chi connectivity index (χ1) is 36.7. The molecule has 2 nitrogen and oxygen atoms in total. The molecule has 15 rings (SSSR count). The third-order valence-corrected chi connectivity index (χ3v) is 18.6. The molecule has 0 aromatic heterocycles. The molecule has 2 heteroatoms. The molecular weight excluding hydrogens is 917 g/mol. The van der Waals surface area contributed by atoms with Gasteiger partial charge >= 0.3 is 0 Å². The normalized spacial score (nSPS) is 16.3. The Balaban J connectivity index is 1.07. The summed E-state index contributed by atoms with van der Waals surface area (Å²) < 4.78 is 0. The van der Waals surface area contributed by atoms with Crippen LogP contribution in [0, 0.1) is 0 Å². The number of hydrogen-bond acceptors (Lipinski definition) is 2. The van der Waals surface area contributed by atoms with E-state index >= 15 is 0 Å². The summed E-state index contributed by atoms with van der Waals surface area (Å²) in [7, 11) is 0. The highest BCUT2D eigenvalue weighted by molar-refractivity contribution is 6.23. The summed E-state index contributed by atoms with van der Waals surface area (Å²) in [5.41, 5.74) is 27.6. The van der Waals surface area contributed by atoms with Crippen molar-refractivity contribution in [3.63, 3.8) is 0 Å². The zero-order chi connectivity index (χ0) is 51.6. The zero-order valence-corrected chi connectivity index (χ0v) is 44.7. The molecule has 0 atom stereocenters. The summed E-state index contributed by atoms with van der Waals surface area (Å²) in [6, 6.07) is 83.6. The van der Waals surface area contributed by atoms with E-state index in [0.29, 0.717) is 0 Å². The Kier molecular flexibility index (Phi) is 9.21. The molecule has 11 aromatic rings. The van der Waals surface area contributed by atoms with Crippen LogP contribution in [0.5, 0.6) is 0 Å². The molecule has 0 bridgehead atoms. The number of fused-ring (bicyclic) bond motifs is 12. The molecule has 0 saturated heterocycles. The third kappa shape index (κ3) is 5.99. The quantitative estimate of drug-likeness (QED) is 0.162. The SMILES string of the molecule is CC1(C)c2ccccc2-c2ccc(-c3c4ccc(N5c6ccccc6C(C)(C)c6ccccc65)cc4c(-c4ccc5c(c4)C(C)(C)c4ccccc4-5)c4cc(N5c6ccccc6C(C)(C)c6ccccc65)ccc34)cc21. The van der Waals surface area contributed by atoms with Crippen LogP contribution in [-0.2, 0) is 21.7 Å². The van der Waals surface area contributed by atoms with Gasteiger partial charge in [0.15, 0.2) is 0 Å². The van der Waals surface area contributed by atoms with Gasteiger partial charge in [0.1, 0.15) is 0 Å². The lowest BCUT2D eigenvalue weighted by molar-refractivity contribution is 0.632. The first kappa shape index (κ1) is 45.0. The molecule has 0 saturated carbocycles. The van der Waals surface area contributed by atoms with E-state index < -0.39 is 0 Å². The number of para-hydroxylation sites is 4. The van der Waals surface area contributed by atoms with Crippen LogP contribution in [0.3, 0.4) is 0 Å². The molecule has 0 radical (unpaired) electrons. The standard InChI is InChI=1S/C74H60N2/c1-71(2)57-23-11-9-21-49(57)51-37-33-45(41-63(51)71)69-53-39-35-47(75-65-29-17-13-25-59(65)73(5,6)60-26-14-18-30-66(60)75)43-55(53)70(46-34-38-52-50-22-10-12-24-58(50)72(3,4)64(52)42-46)56-44-48(36-40-54(56)69)76-67-31-19-15-27-61(67)74(7,8)62-28-16-20-32-68(62)76/h9-44H,1-8H3. The maximum Gasteiger partial charge on any atom is 0.0502 e. The minimum atomic E-state index is -0.180. The highest BCUT2D eigenvalue weighted by Crippen LogP contribution is 2.58. The minimum Gasteiger partial charge on any atom is -0.310 e. The molecule has 0 fully saturated rings. The first-order valence-electron chi connectivity index (χ1n) is 27.3. The average molecular weight is 977 g/mol. The number of rotatable bonds is 4. The molecule has 4 aliphatic rings. The second-order valence-electron chi connectivity index (χ2n) is 24.1. The van der Waals surface area contributed by atoms with E-state index in [1.807, 2.05) is 0 Å². The topological polar surface area (TPSA) is 6.48 Å². The Labute approximate surface area is 447 Å². The number of benzene rings is 11. The fourth-order valence-corrected chi connectivity index (χ4v) is 14.7. The van der Waals surface area contributed by atoms with Crippen molar-refractivity contribution in [1.29, 1.82) is 0 Å². The first-order valence-corrected chi connectivity index (χ1v) is 27.3. The van der Waals surface area contributed by atoms with Crippen molar-refractivity contribution >= 4 is 55.7 Å². The van der Waals surface area contributed by atoms with Crippen LogP contribution < -0.4 is 9.80 Å². The summed E-state index contributed by atoms with van der Waals surface area (Å²) in [6.07, 6.45) is 0. The average Bonchev–Trinajstić information content (AvgIpc) is 3.89. The van der Waals surface area contributed by atoms with Crippen LogP contribution >= 0.6 is 0 Å². The van der Waals surface area contributed by atoms with Crippen molar-refractivity contribution in [2.24, 2.45) is 0 Å². The molecule has 0 amide bonds. The Morgan fingerprint density at radius 2 is 0.526 bits per heavy atom. The van der Waals surface area contributed by atoms with Gasteiger partial charge in [0.2, 0.25) is 0 Å². The monoisotopic (exact) mass is 976 g/mol. The maximum absolute atomic E-state index is 2.54. The number of hydrogen-bond donors (Lipinski definition) is 0. The fourth-order valence-electron chi connectivity index (χ4n) is 14.7. The molecule has 2 aliphatic carbocycles. The van der Waals surface area contributed by atoms with Crippen molar-refractivity contribution in [3.8, 4) is 44.5 Å². The number of anilines is 6. The Morgan fingerprint density at radius 1 is 0.237 bits per heavy atom. The van der Waals surface area contributed by atoms with E-state index in [4.69, 9.17) is 0 Å². The van der Waals surface area contributed by atoms with E-state index in [1.165, 1.54) is 133 Å². The van der Waals surface area contributed by atoms with Gasteiger partial charge in [0.05, 0.1) is 22.7 Å². The van der Waals surface area contributed by atoms with E-state index in [9.17, 15) is 0 Å². The van der Waals surface area contributed by atoms with Gasteiger partial charge in [-0.2, -0.15) is 0 Å². The summed E-state index contributed by atoms with van der Waals surface area (Å²) in [6.45, 7) is 19.1. The minimum absolute atomic E-state index is 0.158. The van der Waals surface area contributed by atoms with Gasteiger partial charge in [-0.25, -0.2) is 0 Å². The van der Waals surface area contributed by atoms with Gasteiger partial charge < -0.3 is 9.80 Å². The van der Waals surface area contributed by atoms with E-state index in [2.05, 4.69) is 284 Å².